The van der Waals surface area contributed by atoms with E-state index in [4.69, 9.17) is 0 Å². The van der Waals surface area contributed by atoms with E-state index in [1.165, 1.54) is 5.56 Å². The van der Waals surface area contributed by atoms with Gasteiger partial charge in [-0.1, -0.05) is 76.6 Å². The molecule has 0 spiro atoms. The molecule has 1 unspecified atom stereocenters. The minimum Gasteiger partial charge on any atom is -0.307 e. The fourth-order valence-electron chi connectivity index (χ4n) is 3.49. The van der Waals surface area contributed by atoms with Crippen molar-refractivity contribution in [3.63, 3.8) is 0 Å². The van der Waals surface area contributed by atoms with Gasteiger partial charge in [0, 0.05) is 10.2 Å². The first-order valence-corrected chi connectivity index (χ1v) is 9.20. The van der Waals surface area contributed by atoms with Gasteiger partial charge in [-0.2, -0.15) is 0 Å². The summed E-state index contributed by atoms with van der Waals surface area (Å²) < 4.78 is 1.05. The molecule has 0 aromatic heterocycles. The second kappa shape index (κ2) is 6.85. The first-order chi connectivity index (χ1) is 12.2. The SMILES string of the molecule is O=C1C(Cc2cccc(Br)c2)c2ccccc2N1Cc1ccccc1. The molecule has 124 valence electrons. The zero-order valence-corrected chi connectivity index (χ0v) is 15.3. The van der Waals surface area contributed by atoms with E-state index in [2.05, 4.69) is 52.3 Å². The Morgan fingerprint density at radius 1 is 0.840 bits per heavy atom. The molecule has 0 aliphatic carbocycles. The Balaban J connectivity index is 1.66. The summed E-state index contributed by atoms with van der Waals surface area (Å²) in [7, 11) is 0. The average molecular weight is 392 g/mol. The van der Waals surface area contributed by atoms with E-state index >= 15 is 0 Å². The molecule has 0 fully saturated rings. The van der Waals surface area contributed by atoms with Crippen molar-refractivity contribution >= 4 is 27.5 Å². The van der Waals surface area contributed by atoms with Crippen LogP contribution in [0.4, 0.5) is 5.69 Å². The van der Waals surface area contributed by atoms with E-state index in [1.54, 1.807) is 0 Å². The van der Waals surface area contributed by atoms with Gasteiger partial charge >= 0.3 is 0 Å². The summed E-state index contributed by atoms with van der Waals surface area (Å²) in [5, 5.41) is 0. The highest BCUT2D eigenvalue weighted by Crippen LogP contribution is 2.40. The molecule has 3 aromatic carbocycles. The van der Waals surface area contributed by atoms with Crippen molar-refractivity contribution in [1.29, 1.82) is 0 Å². The molecule has 2 nitrogen and oxygen atoms in total. The molecule has 1 aliphatic heterocycles. The van der Waals surface area contributed by atoms with E-state index in [0.29, 0.717) is 6.54 Å². The van der Waals surface area contributed by atoms with Gasteiger partial charge < -0.3 is 4.90 Å². The largest absolute Gasteiger partial charge is 0.307 e. The highest BCUT2D eigenvalue weighted by atomic mass is 79.9. The van der Waals surface area contributed by atoms with Gasteiger partial charge in [-0.15, -0.1) is 0 Å². The number of anilines is 1. The lowest BCUT2D eigenvalue weighted by atomic mass is 9.93. The first kappa shape index (κ1) is 16.1. The molecule has 0 N–H and O–H groups in total. The zero-order chi connectivity index (χ0) is 17.2. The van der Waals surface area contributed by atoms with Crippen LogP contribution in [0.3, 0.4) is 0 Å². The maximum atomic E-state index is 13.2. The summed E-state index contributed by atoms with van der Waals surface area (Å²) in [5.41, 5.74) is 4.48. The number of hydrogen-bond donors (Lipinski definition) is 0. The van der Waals surface area contributed by atoms with Crippen molar-refractivity contribution in [1.82, 2.24) is 0 Å². The predicted molar refractivity (Wildman–Crippen MR) is 105 cm³/mol. The molecule has 25 heavy (non-hydrogen) atoms. The van der Waals surface area contributed by atoms with Crippen LogP contribution in [0.1, 0.15) is 22.6 Å². The average Bonchev–Trinajstić information content (AvgIpc) is 2.89. The third kappa shape index (κ3) is 3.24. The van der Waals surface area contributed by atoms with Crippen LogP contribution in [0.5, 0.6) is 0 Å². The molecule has 3 aromatic rings. The van der Waals surface area contributed by atoms with Crippen molar-refractivity contribution in [2.45, 2.75) is 18.9 Å². The van der Waals surface area contributed by atoms with E-state index in [1.807, 2.05) is 47.4 Å². The molecular weight excluding hydrogens is 374 g/mol. The maximum absolute atomic E-state index is 13.2. The number of amides is 1. The number of benzene rings is 3. The number of carbonyl (C=O) groups is 1. The summed E-state index contributed by atoms with van der Waals surface area (Å²) in [6.07, 6.45) is 0.723. The fraction of sp³-hybridized carbons (Fsp3) is 0.136. The summed E-state index contributed by atoms with van der Waals surface area (Å²) in [6.45, 7) is 0.617. The molecule has 3 heteroatoms. The summed E-state index contributed by atoms with van der Waals surface area (Å²) in [5.74, 6) is 0.0687. The number of fused-ring (bicyclic) bond motifs is 1. The number of para-hydroxylation sites is 1. The van der Waals surface area contributed by atoms with Crippen molar-refractivity contribution in [3.8, 4) is 0 Å². The van der Waals surface area contributed by atoms with Crippen LogP contribution < -0.4 is 4.90 Å². The van der Waals surface area contributed by atoms with Crippen LogP contribution in [0.2, 0.25) is 0 Å². The molecule has 0 radical (unpaired) electrons. The zero-order valence-electron chi connectivity index (χ0n) is 13.7. The molecular formula is C22H18BrNO. The second-order valence-corrected chi connectivity index (χ2v) is 7.27. The van der Waals surface area contributed by atoms with Crippen molar-refractivity contribution in [2.24, 2.45) is 0 Å². The number of carbonyl (C=O) groups excluding carboxylic acids is 1. The lowest BCUT2D eigenvalue weighted by Gasteiger charge is -2.18. The van der Waals surface area contributed by atoms with Gasteiger partial charge in [0.2, 0.25) is 5.91 Å². The molecule has 0 saturated heterocycles. The third-order valence-electron chi connectivity index (χ3n) is 4.68. The lowest BCUT2D eigenvalue weighted by molar-refractivity contribution is -0.119. The van der Waals surface area contributed by atoms with Crippen LogP contribution in [-0.4, -0.2) is 5.91 Å². The van der Waals surface area contributed by atoms with Crippen molar-refractivity contribution in [2.75, 3.05) is 4.90 Å². The standard InChI is InChI=1S/C22H18BrNO/c23-18-10-6-9-17(13-18)14-20-19-11-4-5-12-21(19)24(22(20)25)15-16-7-2-1-3-8-16/h1-13,20H,14-15H2. The Labute approximate surface area is 156 Å². The molecule has 1 atom stereocenters. The number of halogens is 1. The van der Waals surface area contributed by atoms with Gasteiger partial charge in [0.1, 0.15) is 0 Å². The molecule has 0 bridgehead atoms. The lowest BCUT2D eigenvalue weighted by Crippen LogP contribution is -2.28. The fourth-order valence-corrected chi connectivity index (χ4v) is 3.94. The second-order valence-electron chi connectivity index (χ2n) is 6.36. The Morgan fingerprint density at radius 3 is 2.36 bits per heavy atom. The third-order valence-corrected chi connectivity index (χ3v) is 5.17. The van der Waals surface area contributed by atoms with Crippen LogP contribution in [0.25, 0.3) is 0 Å². The Kier molecular flexibility index (Phi) is 4.41. The van der Waals surface area contributed by atoms with Crippen LogP contribution in [0, 0.1) is 0 Å². The normalized spacial score (nSPS) is 16.1. The van der Waals surface area contributed by atoms with Gasteiger partial charge in [-0.3, -0.25) is 4.79 Å². The highest BCUT2D eigenvalue weighted by molar-refractivity contribution is 9.10. The number of rotatable bonds is 4. The van der Waals surface area contributed by atoms with E-state index in [-0.39, 0.29) is 11.8 Å². The van der Waals surface area contributed by atoms with Gasteiger partial charge in [0.05, 0.1) is 12.5 Å². The molecule has 4 rings (SSSR count). The van der Waals surface area contributed by atoms with E-state index in [0.717, 1.165) is 27.7 Å². The van der Waals surface area contributed by atoms with Gasteiger partial charge in [-0.25, -0.2) is 0 Å². The van der Waals surface area contributed by atoms with Crippen LogP contribution in [-0.2, 0) is 17.8 Å². The Morgan fingerprint density at radius 2 is 1.56 bits per heavy atom. The van der Waals surface area contributed by atoms with Gasteiger partial charge in [0.15, 0.2) is 0 Å². The van der Waals surface area contributed by atoms with Gasteiger partial charge in [-0.05, 0) is 41.3 Å². The van der Waals surface area contributed by atoms with Crippen LogP contribution >= 0.6 is 15.9 Å². The molecule has 1 aliphatic rings. The highest BCUT2D eigenvalue weighted by Gasteiger charge is 2.36. The van der Waals surface area contributed by atoms with Crippen molar-refractivity contribution < 1.29 is 4.79 Å². The van der Waals surface area contributed by atoms with Gasteiger partial charge in [0.25, 0.3) is 0 Å². The minimum absolute atomic E-state index is 0.116. The smallest absolute Gasteiger partial charge is 0.235 e. The maximum Gasteiger partial charge on any atom is 0.235 e. The Hall–Kier alpha value is -2.39. The first-order valence-electron chi connectivity index (χ1n) is 8.41. The number of hydrogen-bond acceptors (Lipinski definition) is 1. The molecule has 1 amide bonds. The minimum atomic E-state index is -0.116. The molecule has 1 heterocycles. The summed E-state index contributed by atoms with van der Waals surface area (Å²) in [4.78, 5) is 15.1. The van der Waals surface area contributed by atoms with E-state index in [9.17, 15) is 4.79 Å². The summed E-state index contributed by atoms with van der Waals surface area (Å²) >= 11 is 3.52. The Bertz CT molecular complexity index is 907. The summed E-state index contributed by atoms with van der Waals surface area (Å²) in [6, 6.07) is 26.5. The predicted octanol–water partition coefficient (Wildman–Crippen LogP) is 5.32. The topological polar surface area (TPSA) is 20.3 Å². The van der Waals surface area contributed by atoms with Crippen LogP contribution in [0.15, 0.2) is 83.3 Å². The quantitative estimate of drug-likeness (QED) is 0.588. The van der Waals surface area contributed by atoms with Crippen molar-refractivity contribution in [3.05, 3.63) is 100 Å². The molecule has 0 saturated carbocycles. The number of nitrogens with zero attached hydrogens (tertiary/aromatic N) is 1. The monoisotopic (exact) mass is 391 g/mol. The van der Waals surface area contributed by atoms with E-state index < -0.39 is 0 Å².